The summed E-state index contributed by atoms with van der Waals surface area (Å²) in [7, 11) is 0. The zero-order chi connectivity index (χ0) is 14.5. The van der Waals surface area contributed by atoms with Crippen molar-refractivity contribution in [2.75, 3.05) is 0 Å². The van der Waals surface area contributed by atoms with Crippen molar-refractivity contribution < 1.29 is 0 Å². The molecule has 0 saturated heterocycles. The zero-order valence-corrected chi connectivity index (χ0v) is 13.1. The van der Waals surface area contributed by atoms with E-state index in [1.807, 2.05) is 0 Å². The lowest BCUT2D eigenvalue weighted by atomic mass is 9.86. The van der Waals surface area contributed by atoms with E-state index in [4.69, 9.17) is 5.84 Å². The van der Waals surface area contributed by atoms with Gasteiger partial charge in [0, 0.05) is 0 Å². The number of hydrogen-bond donors (Lipinski definition) is 2. The summed E-state index contributed by atoms with van der Waals surface area (Å²) in [6.07, 6.45) is 10.1. The minimum Gasteiger partial charge on any atom is -0.271 e. The fourth-order valence-corrected chi connectivity index (χ4v) is 3.50. The molecule has 0 heterocycles. The largest absolute Gasteiger partial charge is 0.271 e. The van der Waals surface area contributed by atoms with E-state index in [0.717, 1.165) is 0 Å². The summed E-state index contributed by atoms with van der Waals surface area (Å²) in [6.45, 7) is 6.55. The molecule has 1 atom stereocenters. The molecule has 1 aromatic rings. The SMILES string of the molecule is Cc1cc(C)c(C(NN)/C2=C/CCCCCC2)c(C)c1. The summed E-state index contributed by atoms with van der Waals surface area (Å²) in [5, 5.41) is 0. The maximum Gasteiger partial charge on any atom is 0.0675 e. The van der Waals surface area contributed by atoms with E-state index in [-0.39, 0.29) is 6.04 Å². The molecule has 0 spiro atoms. The predicted octanol–water partition coefficient (Wildman–Crippen LogP) is 4.40. The van der Waals surface area contributed by atoms with Crippen molar-refractivity contribution in [3.8, 4) is 0 Å². The number of nitrogens with two attached hydrogens (primary N) is 1. The molecule has 0 aliphatic heterocycles. The summed E-state index contributed by atoms with van der Waals surface area (Å²) in [6, 6.07) is 4.69. The van der Waals surface area contributed by atoms with Gasteiger partial charge in [-0.15, -0.1) is 0 Å². The summed E-state index contributed by atoms with van der Waals surface area (Å²) >= 11 is 0. The van der Waals surface area contributed by atoms with E-state index >= 15 is 0 Å². The molecular weight excluding hydrogens is 244 g/mol. The Labute approximate surface area is 123 Å². The quantitative estimate of drug-likeness (QED) is 0.486. The van der Waals surface area contributed by atoms with Crippen molar-refractivity contribution in [3.63, 3.8) is 0 Å². The highest BCUT2D eigenvalue weighted by molar-refractivity contribution is 5.43. The van der Waals surface area contributed by atoms with Crippen LogP contribution in [-0.4, -0.2) is 0 Å². The molecular formula is C18H28N2. The van der Waals surface area contributed by atoms with Gasteiger partial charge < -0.3 is 0 Å². The predicted molar refractivity (Wildman–Crippen MR) is 86.5 cm³/mol. The van der Waals surface area contributed by atoms with Gasteiger partial charge in [-0.3, -0.25) is 5.84 Å². The molecule has 2 heteroatoms. The van der Waals surface area contributed by atoms with Crippen molar-refractivity contribution in [2.24, 2.45) is 5.84 Å². The van der Waals surface area contributed by atoms with Crippen molar-refractivity contribution in [3.05, 3.63) is 46.0 Å². The van der Waals surface area contributed by atoms with Crippen molar-refractivity contribution in [1.82, 2.24) is 5.43 Å². The molecule has 0 amide bonds. The molecule has 2 nitrogen and oxygen atoms in total. The van der Waals surface area contributed by atoms with E-state index in [2.05, 4.69) is 44.4 Å². The van der Waals surface area contributed by atoms with Gasteiger partial charge in [-0.1, -0.05) is 42.2 Å². The lowest BCUT2D eigenvalue weighted by Gasteiger charge is -2.25. The highest BCUT2D eigenvalue weighted by atomic mass is 15.2. The molecule has 1 aliphatic carbocycles. The number of benzene rings is 1. The monoisotopic (exact) mass is 272 g/mol. The van der Waals surface area contributed by atoms with Crippen LogP contribution >= 0.6 is 0 Å². The highest BCUT2D eigenvalue weighted by Crippen LogP contribution is 2.32. The molecule has 0 saturated carbocycles. The van der Waals surface area contributed by atoms with Gasteiger partial charge in [0.05, 0.1) is 6.04 Å². The van der Waals surface area contributed by atoms with E-state index in [9.17, 15) is 0 Å². The molecule has 0 fully saturated rings. The van der Waals surface area contributed by atoms with Crippen molar-refractivity contribution in [2.45, 2.75) is 65.3 Å². The first-order chi connectivity index (χ1) is 9.63. The van der Waals surface area contributed by atoms with Gasteiger partial charge in [0.2, 0.25) is 0 Å². The summed E-state index contributed by atoms with van der Waals surface area (Å²) in [4.78, 5) is 0. The number of nitrogens with one attached hydrogen (secondary N) is 1. The Kier molecular flexibility index (Phi) is 5.38. The third kappa shape index (κ3) is 3.50. The van der Waals surface area contributed by atoms with Crippen LogP contribution in [0, 0.1) is 20.8 Å². The number of hydrogen-bond acceptors (Lipinski definition) is 2. The smallest absolute Gasteiger partial charge is 0.0675 e. The van der Waals surface area contributed by atoms with Crippen LogP contribution in [0.5, 0.6) is 0 Å². The molecule has 3 N–H and O–H groups in total. The standard InChI is InChI=1S/C18H28N2/c1-13-11-14(2)17(15(3)12-13)18(20-19)16-9-7-5-4-6-8-10-16/h9,11-12,18,20H,4-8,10,19H2,1-3H3/b16-9+. The summed E-state index contributed by atoms with van der Waals surface area (Å²) < 4.78 is 0. The maximum atomic E-state index is 5.91. The Bertz CT molecular complexity index is 465. The highest BCUT2D eigenvalue weighted by Gasteiger charge is 2.19. The van der Waals surface area contributed by atoms with Gasteiger partial charge in [0.25, 0.3) is 0 Å². The molecule has 2 rings (SSSR count). The second-order valence-corrected chi connectivity index (χ2v) is 6.14. The second-order valence-electron chi connectivity index (χ2n) is 6.14. The lowest BCUT2D eigenvalue weighted by molar-refractivity contribution is 0.552. The third-order valence-corrected chi connectivity index (χ3v) is 4.39. The molecule has 0 aromatic heterocycles. The van der Waals surface area contributed by atoms with Crippen LogP contribution in [-0.2, 0) is 0 Å². The van der Waals surface area contributed by atoms with Gasteiger partial charge in [-0.25, -0.2) is 5.43 Å². The number of hydrazine groups is 1. The van der Waals surface area contributed by atoms with Crippen LogP contribution in [0.15, 0.2) is 23.8 Å². The Morgan fingerprint density at radius 1 is 1.00 bits per heavy atom. The zero-order valence-electron chi connectivity index (χ0n) is 13.1. The molecule has 1 aliphatic rings. The molecule has 0 radical (unpaired) electrons. The second kappa shape index (κ2) is 7.05. The number of aryl methyl sites for hydroxylation is 3. The molecule has 110 valence electrons. The average Bonchev–Trinajstić information content (AvgIpc) is 2.34. The lowest BCUT2D eigenvalue weighted by Crippen LogP contribution is -2.31. The topological polar surface area (TPSA) is 38.0 Å². The Morgan fingerprint density at radius 2 is 1.65 bits per heavy atom. The number of rotatable bonds is 3. The molecule has 1 unspecified atom stereocenters. The first-order valence-electron chi connectivity index (χ1n) is 7.86. The van der Waals surface area contributed by atoms with Crippen molar-refractivity contribution >= 4 is 0 Å². The van der Waals surface area contributed by atoms with Gasteiger partial charge in [-0.05, 0) is 63.1 Å². The first kappa shape index (κ1) is 15.3. The Balaban J connectivity index is 2.36. The van der Waals surface area contributed by atoms with Gasteiger partial charge >= 0.3 is 0 Å². The van der Waals surface area contributed by atoms with Crippen LogP contribution in [0.1, 0.15) is 66.8 Å². The van der Waals surface area contributed by atoms with Crippen LogP contribution in [0.4, 0.5) is 0 Å². The maximum absolute atomic E-state index is 5.91. The fourth-order valence-electron chi connectivity index (χ4n) is 3.50. The first-order valence-corrected chi connectivity index (χ1v) is 7.86. The minimum absolute atomic E-state index is 0.175. The molecule has 20 heavy (non-hydrogen) atoms. The van der Waals surface area contributed by atoms with Crippen LogP contribution in [0.3, 0.4) is 0 Å². The normalized spacial score (nSPS) is 20.7. The molecule has 0 bridgehead atoms. The van der Waals surface area contributed by atoms with Crippen LogP contribution in [0.2, 0.25) is 0 Å². The fraction of sp³-hybridized carbons (Fsp3) is 0.556. The van der Waals surface area contributed by atoms with E-state index in [1.54, 1.807) is 0 Å². The van der Waals surface area contributed by atoms with Gasteiger partial charge in [0.1, 0.15) is 0 Å². The van der Waals surface area contributed by atoms with Crippen LogP contribution < -0.4 is 11.3 Å². The Morgan fingerprint density at radius 3 is 2.30 bits per heavy atom. The van der Waals surface area contributed by atoms with Gasteiger partial charge in [-0.2, -0.15) is 0 Å². The molecule has 1 aromatic carbocycles. The van der Waals surface area contributed by atoms with Crippen molar-refractivity contribution in [1.29, 1.82) is 0 Å². The minimum atomic E-state index is 0.175. The van der Waals surface area contributed by atoms with Crippen LogP contribution in [0.25, 0.3) is 0 Å². The van der Waals surface area contributed by atoms with E-state index in [1.165, 1.54) is 66.4 Å². The summed E-state index contributed by atoms with van der Waals surface area (Å²) in [5.41, 5.74) is 9.92. The van der Waals surface area contributed by atoms with E-state index in [0.29, 0.717) is 0 Å². The summed E-state index contributed by atoms with van der Waals surface area (Å²) in [5.74, 6) is 5.91. The van der Waals surface area contributed by atoms with Gasteiger partial charge in [0.15, 0.2) is 0 Å². The van der Waals surface area contributed by atoms with E-state index < -0.39 is 0 Å². The average molecular weight is 272 g/mol. The Hall–Kier alpha value is -1.12. The number of allylic oxidation sites excluding steroid dienone is 1. The third-order valence-electron chi connectivity index (χ3n) is 4.39.